The van der Waals surface area contributed by atoms with E-state index in [0.29, 0.717) is 12.8 Å². The summed E-state index contributed by atoms with van der Waals surface area (Å²) >= 11 is 0. The molecule has 1 heterocycles. The number of rotatable bonds is 11. The molecule has 192 valence electrons. The minimum atomic E-state index is -4.38. The monoisotopic (exact) mass is 514 g/mol. The summed E-state index contributed by atoms with van der Waals surface area (Å²) in [6, 6.07) is 14.4. The number of aliphatic imine (C=N–C) groups is 1. The molecule has 0 fully saturated rings. The van der Waals surface area contributed by atoms with Crippen molar-refractivity contribution >= 4 is 33.7 Å². The summed E-state index contributed by atoms with van der Waals surface area (Å²) in [6.45, 7) is 2.01. The Balaban J connectivity index is 1.81. The fraction of sp³-hybridized carbons (Fsp3) is 0.320. The Bertz CT molecular complexity index is 1230. The summed E-state index contributed by atoms with van der Waals surface area (Å²) in [6.07, 6.45) is 3.39. The van der Waals surface area contributed by atoms with E-state index in [1.54, 1.807) is 12.1 Å². The van der Waals surface area contributed by atoms with Gasteiger partial charge in [-0.15, -0.1) is 0 Å². The molecule has 0 radical (unpaired) electrons. The van der Waals surface area contributed by atoms with Crippen molar-refractivity contribution < 1.29 is 27.3 Å². The van der Waals surface area contributed by atoms with Gasteiger partial charge in [0.1, 0.15) is 6.04 Å². The van der Waals surface area contributed by atoms with Crippen LogP contribution < -0.4 is 15.4 Å². The average molecular weight is 515 g/mol. The third-order valence-corrected chi connectivity index (χ3v) is 6.13. The van der Waals surface area contributed by atoms with Crippen molar-refractivity contribution in [3.63, 3.8) is 0 Å². The zero-order chi connectivity index (χ0) is 26.1. The molecule has 3 rings (SSSR count). The van der Waals surface area contributed by atoms with Crippen molar-refractivity contribution in [2.45, 2.75) is 44.7 Å². The molecule has 0 bridgehead atoms. The van der Waals surface area contributed by atoms with Crippen molar-refractivity contribution in [1.82, 2.24) is 10.6 Å². The highest BCUT2D eigenvalue weighted by Crippen LogP contribution is 2.21. The molecular weight excluding hydrogens is 484 g/mol. The zero-order valence-electron chi connectivity index (χ0n) is 20.1. The minimum absolute atomic E-state index is 0.207. The van der Waals surface area contributed by atoms with E-state index in [1.807, 2.05) is 48.1 Å². The molecule has 2 atom stereocenters. The van der Waals surface area contributed by atoms with E-state index < -0.39 is 28.5 Å². The SMILES string of the molecule is CCC1=NC([C@H](Cc2ccc(NS(=O)(=O)O)cc2)NC(=O)[C@H](Cc2ccccc2)NC(=O)OC)=CC1. The van der Waals surface area contributed by atoms with Crippen LogP contribution in [0.5, 0.6) is 0 Å². The molecule has 0 unspecified atom stereocenters. The second-order valence-corrected chi connectivity index (χ2v) is 9.44. The van der Waals surface area contributed by atoms with Gasteiger partial charge in [0.15, 0.2) is 0 Å². The van der Waals surface area contributed by atoms with Gasteiger partial charge in [-0.3, -0.25) is 19.1 Å². The zero-order valence-corrected chi connectivity index (χ0v) is 20.9. The number of nitrogens with one attached hydrogen (secondary N) is 3. The number of allylic oxidation sites excluding steroid dienone is 1. The van der Waals surface area contributed by atoms with E-state index in [9.17, 15) is 18.0 Å². The highest BCUT2D eigenvalue weighted by Gasteiger charge is 2.27. The van der Waals surface area contributed by atoms with Crippen LogP contribution in [0.2, 0.25) is 0 Å². The van der Waals surface area contributed by atoms with E-state index in [2.05, 4.69) is 15.6 Å². The van der Waals surface area contributed by atoms with Gasteiger partial charge in [-0.05, 0) is 36.1 Å². The number of methoxy groups -OCH3 is 1. The summed E-state index contributed by atoms with van der Waals surface area (Å²) in [5, 5.41) is 5.63. The molecule has 0 spiro atoms. The van der Waals surface area contributed by atoms with E-state index in [0.717, 1.165) is 29.0 Å². The van der Waals surface area contributed by atoms with Crippen LogP contribution in [0, 0.1) is 0 Å². The number of carbonyl (C=O) groups is 2. The van der Waals surface area contributed by atoms with Gasteiger partial charge in [0.2, 0.25) is 5.91 Å². The Morgan fingerprint density at radius 1 is 1.03 bits per heavy atom. The maximum Gasteiger partial charge on any atom is 0.407 e. The van der Waals surface area contributed by atoms with Crippen LogP contribution in [-0.2, 0) is 32.7 Å². The summed E-state index contributed by atoms with van der Waals surface area (Å²) < 4.78 is 37.8. The Morgan fingerprint density at radius 2 is 1.69 bits per heavy atom. The first-order valence-electron chi connectivity index (χ1n) is 11.5. The lowest BCUT2D eigenvalue weighted by molar-refractivity contribution is -0.123. The lowest BCUT2D eigenvalue weighted by Gasteiger charge is -2.23. The number of alkyl carbamates (subject to hydrolysis) is 1. The minimum Gasteiger partial charge on any atom is -0.453 e. The van der Waals surface area contributed by atoms with Crippen LogP contribution in [0.4, 0.5) is 10.5 Å². The molecule has 2 amide bonds. The van der Waals surface area contributed by atoms with Gasteiger partial charge in [0.25, 0.3) is 0 Å². The number of ether oxygens (including phenoxy) is 1. The first-order valence-corrected chi connectivity index (χ1v) is 12.9. The Kier molecular flexibility index (Phi) is 9.20. The Labute approximate surface area is 210 Å². The normalized spacial score (nSPS) is 14.8. The van der Waals surface area contributed by atoms with Gasteiger partial charge < -0.3 is 15.4 Å². The van der Waals surface area contributed by atoms with E-state index in [4.69, 9.17) is 9.29 Å². The maximum absolute atomic E-state index is 13.4. The van der Waals surface area contributed by atoms with Gasteiger partial charge in [-0.2, -0.15) is 8.42 Å². The summed E-state index contributed by atoms with van der Waals surface area (Å²) in [5.74, 6) is -0.389. The second kappa shape index (κ2) is 12.3. The summed E-state index contributed by atoms with van der Waals surface area (Å²) in [7, 11) is -3.14. The predicted molar refractivity (Wildman–Crippen MR) is 137 cm³/mol. The van der Waals surface area contributed by atoms with Gasteiger partial charge in [-0.1, -0.05) is 55.5 Å². The van der Waals surface area contributed by atoms with Gasteiger partial charge in [0.05, 0.1) is 24.5 Å². The molecular formula is C25H30N4O6S. The molecule has 36 heavy (non-hydrogen) atoms. The van der Waals surface area contributed by atoms with E-state index in [1.165, 1.54) is 19.2 Å². The van der Waals surface area contributed by atoms with Gasteiger partial charge in [0, 0.05) is 18.6 Å². The number of anilines is 1. The van der Waals surface area contributed by atoms with Crippen LogP contribution in [0.1, 0.15) is 30.9 Å². The number of carbonyl (C=O) groups excluding carboxylic acids is 2. The largest absolute Gasteiger partial charge is 0.453 e. The van der Waals surface area contributed by atoms with E-state index >= 15 is 0 Å². The van der Waals surface area contributed by atoms with Gasteiger partial charge >= 0.3 is 16.4 Å². The number of hydrogen-bond donors (Lipinski definition) is 4. The van der Waals surface area contributed by atoms with Crippen LogP contribution in [0.3, 0.4) is 0 Å². The van der Waals surface area contributed by atoms with Crippen molar-refractivity contribution in [1.29, 1.82) is 0 Å². The number of nitrogens with zero attached hydrogens (tertiary/aromatic N) is 1. The Hall–Kier alpha value is -3.70. The molecule has 1 aliphatic rings. The molecule has 0 saturated carbocycles. The van der Waals surface area contributed by atoms with Crippen molar-refractivity contribution in [3.8, 4) is 0 Å². The summed E-state index contributed by atoms with van der Waals surface area (Å²) in [4.78, 5) is 30.0. The van der Waals surface area contributed by atoms with Gasteiger partial charge in [-0.25, -0.2) is 4.79 Å². The molecule has 11 heteroatoms. The molecule has 2 aromatic rings. The number of benzene rings is 2. The van der Waals surface area contributed by atoms with Crippen LogP contribution in [0.15, 0.2) is 71.4 Å². The number of amides is 2. The molecule has 0 saturated heterocycles. The predicted octanol–water partition coefficient (Wildman–Crippen LogP) is 3.03. The second-order valence-electron chi connectivity index (χ2n) is 8.28. The molecule has 0 aliphatic carbocycles. The first-order chi connectivity index (χ1) is 17.2. The smallest absolute Gasteiger partial charge is 0.407 e. The van der Waals surface area contributed by atoms with Crippen molar-refractivity contribution in [2.24, 2.45) is 4.99 Å². The average Bonchev–Trinajstić information content (AvgIpc) is 3.33. The lowest BCUT2D eigenvalue weighted by Crippen LogP contribution is -2.51. The van der Waals surface area contributed by atoms with Crippen molar-refractivity contribution in [3.05, 3.63) is 77.5 Å². The van der Waals surface area contributed by atoms with Crippen LogP contribution in [0.25, 0.3) is 0 Å². The highest BCUT2D eigenvalue weighted by atomic mass is 32.2. The third kappa shape index (κ3) is 8.21. The molecule has 2 aromatic carbocycles. The number of hydrogen-bond acceptors (Lipinski definition) is 6. The van der Waals surface area contributed by atoms with Crippen LogP contribution in [-0.4, -0.2) is 49.9 Å². The fourth-order valence-electron chi connectivity index (χ4n) is 3.80. The molecule has 10 nitrogen and oxygen atoms in total. The molecule has 4 N–H and O–H groups in total. The Morgan fingerprint density at radius 3 is 2.28 bits per heavy atom. The van der Waals surface area contributed by atoms with Crippen molar-refractivity contribution in [2.75, 3.05) is 11.8 Å². The molecule has 1 aliphatic heterocycles. The van der Waals surface area contributed by atoms with E-state index in [-0.39, 0.29) is 18.0 Å². The highest BCUT2D eigenvalue weighted by molar-refractivity contribution is 7.87. The first kappa shape index (κ1) is 26.9. The standard InChI is InChI=1S/C25H30N4O6S/c1-3-19-13-14-21(26-19)22(15-18-9-11-20(12-10-18)29-36(32,33)34)27-24(30)23(28-25(31)35-2)16-17-7-5-4-6-8-17/h4-12,14,22-23,29H,3,13,15-16H2,1-2H3,(H,27,30)(H,28,31)(H,32,33,34)/t22-,23-/m0/s1. The fourth-order valence-corrected chi connectivity index (χ4v) is 4.23. The lowest BCUT2D eigenvalue weighted by atomic mass is 10.0. The topological polar surface area (TPSA) is 146 Å². The van der Waals surface area contributed by atoms with Crippen LogP contribution >= 0.6 is 0 Å². The quantitative estimate of drug-likeness (QED) is 0.339. The maximum atomic E-state index is 13.4. The summed E-state index contributed by atoms with van der Waals surface area (Å²) in [5.41, 5.74) is 3.61. The third-order valence-electron chi connectivity index (χ3n) is 5.63. The molecule has 0 aromatic heterocycles.